The standard InChI is InChI=1S/C14H17NO2/c16-14-9-5-1-2-8-12(14)10-6-3-4-7-11(10)13(14)15-17/h3-4,6-7,12,16-17H,1-2,5,8-9H2/b15-13-/t12-,14+/m0/s1. The molecule has 1 saturated carbocycles. The summed E-state index contributed by atoms with van der Waals surface area (Å²) in [7, 11) is 0. The van der Waals surface area contributed by atoms with Crippen LogP contribution < -0.4 is 0 Å². The van der Waals surface area contributed by atoms with E-state index in [1.54, 1.807) is 0 Å². The van der Waals surface area contributed by atoms with Crippen LogP contribution in [0.4, 0.5) is 0 Å². The average Bonchev–Trinajstić information content (AvgIpc) is 2.47. The maximum atomic E-state index is 10.9. The van der Waals surface area contributed by atoms with Crippen LogP contribution in [0.25, 0.3) is 0 Å². The molecule has 2 N–H and O–H groups in total. The van der Waals surface area contributed by atoms with E-state index < -0.39 is 5.60 Å². The number of rotatable bonds is 0. The zero-order chi connectivity index (χ0) is 11.9. The van der Waals surface area contributed by atoms with Crippen molar-refractivity contribution in [3.63, 3.8) is 0 Å². The largest absolute Gasteiger partial charge is 0.411 e. The smallest absolute Gasteiger partial charge is 0.119 e. The average molecular weight is 231 g/mol. The maximum Gasteiger partial charge on any atom is 0.119 e. The van der Waals surface area contributed by atoms with Crippen molar-refractivity contribution >= 4 is 5.71 Å². The molecule has 90 valence electrons. The second-order valence-corrected chi connectivity index (χ2v) is 5.11. The summed E-state index contributed by atoms with van der Waals surface area (Å²) in [5, 5.41) is 23.5. The van der Waals surface area contributed by atoms with Crippen LogP contribution in [0.15, 0.2) is 29.4 Å². The van der Waals surface area contributed by atoms with Crippen LogP contribution in [0.1, 0.15) is 49.1 Å². The minimum atomic E-state index is -0.949. The lowest BCUT2D eigenvalue weighted by Gasteiger charge is -2.28. The van der Waals surface area contributed by atoms with Crippen molar-refractivity contribution in [2.75, 3.05) is 0 Å². The number of hydrogen-bond acceptors (Lipinski definition) is 3. The van der Waals surface area contributed by atoms with Crippen molar-refractivity contribution < 1.29 is 10.3 Å². The SMILES string of the molecule is O/N=C1/c2ccccc2[C@@H]2CCCCC[C@]12O. The molecular formula is C14H17NO2. The summed E-state index contributed by atoms with van der Waals surface area (Å²) in [5.74, 6) is 0.104. The Hall–Kier alpha value is -1.35. The lowest BCUT2D eigenvalue weighted by atomic mass is 9.83. The van der Waals surface area contributed by atoms with Gasteiger partial charge in [-0.05, 0) is 18.4 Å². The van der Waals surface area contributed by atoms with Gasteiger partial charge in [-0.3, -0.25) is 0 Å². The van der Waals surface area contributed by atoms with E-state index >= 15 is 0 Å². The first-order valence-electron chi connectivity index (χ1n) is 6.31. The van der Waals surface area contributed by atoms with Crippen LogP contribution in [-0.2, 0) is 0 Å². The Labute approximate surface area is 101 Å². The van der Waals surface area contributed by atoms with E-state index in [1.165, 1.54) is 0 Å². The summed E-state index contributed by atoms with van der Waals surface area (Å²) >= 11 is 0. The molecule has 3 rings (SSSR count). The van der Waals surface area contributed by atoms with Crippen LogP contribution >= 0.6 is 0 Å². The third kappa shape index (κ3) is 1.42. The molecule has 1 aromatic rings. The fourth-order valence-electron chi connectivity index (χ4n) is 3.42. The van der Waals surface area contributed by atoms with Gasteiger partial charge in [-0.2, -0.15) is 0 Å². The zero-order valence-electron chi connectivity index (χ0n) is 9.76. The van der Waals surface area contributed by atoms with Gasteiger partial charge in [0.25, 0.3) is 0 Å². The van der Waals surface area contributed by atoms with Gasteiger partial charge in [0.15, 0.2) is 0 Å². The van der Waals surface area contributed by atoms with Crippen LogP contribution in [0.5, 0.6) is 0 Å². The Bertz CT molecular complexity index is 469. The molecule has 0 radical (unpaired) electrons. The third-order valence-corrected chi connectivity index (χ3v) is 4.23. The quantitative estimate of drug-likeness (QED) is 0.532. The van der Waals surface area contributed by atoms with Crippen LogP contribution in [0.3, 0.4) is 0 Å². The summed E-state index contributed by atoms with van der Waals surface area (Å²) in [6, 6.07) is 7.91. The van der Waals surface area contributed by atoms with Gasteiger partial charge in [-0.15, -0.1) is 0 Å². The number of fused-ring (bicyclic) bond motifs is 3. The number of aliphatic hydroxyl groups is 1. The van der Waals surface area contributed by atoms with E-state index in [0.717, 1.165) is 36.8 Å². The molecule has 3 heteroatoms. The molecule has 0 heterocycles. The van der Waals surface area contributed by atoms with Crippen molar-refractivity contribution in [3.05, 3.63) is 35.4 Å². The summed E-state index contributed by atoms with van der Waals surface area (Å²) in [6.45, 7) is 0. The van der Waals surface area contributed by atoms with E-state index in [1.807, 2.05) is 18.2 Å². The minimum Gasteiger partial charge on any atom is -0.411 e. The highest BCUT2D eigenvalue weighted by molar-refractivity contribution is 6.11. The van der Waals surface area contributed by atoms with E-state index in [0.29, 0.717) is 12.1 Å². The Morgan fingerprint density at radius 1 is 1.18 bits per heavy atom. The van der Waals surface area contributed by atoms with Gasteiger partial charge in [0.1, 0.15) is 11.3 Å². The molecule has 2 aliphatic carbocycles. The Morgan fingerprint density at radius 3 is 2.82 bits per heavy atom. The molecule has 0 spiro atoms. The predicted molar refractivity (Wildman–Crippen MR) is 65.5 cm³/mol. The Balaban J connectivity index is 2.18. The van der Waals surface area contributed by atoms with Gasteiger partial charge in [-0.25, -0.2) is 0 Å². The number of oxime groups is 1. The first-order valence-corrected chi connectivity index (χ1v) is 6.31. The molecule has 0 aromatic heterocycles. The predicted octanol–water partition coefficient (Wildman–Crippen LogP) is 2.66. The van der Waals surface area contributed by atoms with Crippen molar-refractivity contribution in [2.45, 2.75) is 43.6 Å². The van der Waals surface area contributed by atoms with Crippen molar-refractivity contribution in [3.8, 4) is 0 Å². The second-order valence-electron chi connectivity index (χ2n) is 5.11. The highest BCUT2D eigenvalue weighted by Gasteiger charge is 2.50. The van der Waals surface area contributed by atoms with Gasteiger partial charge in [0, 0.05) is 11.5 Å². The third-order valence-electron chi connectivity index (χ3n) is 4.23. The van der Waals surface area contributed by atoms with Crippen molar-refractivity contribution in [2.24, 2.45) is 5.16 Å². The van der Waals surface area contributed by atoms with E-state index in [9.17, 15) is 10.3 Å². The Morgan fingerprint density at radius 2 is 2.00 bits per heavy atom. The lowest BCUT2D eigenvalue weighted by Crippen LogP contribution is -2.39. The minimum absolute atomic E-state index is 0.104. The maximum absolute atomic E-state index is 10.9. The lowest BCUT2D eigenvalue weighted by molar-refractivity contribution is 0.0772. The topological polar surface area (TPSA) is 52.8 Å². The summed E-state index contributed by atoms with van der Waals surface area (Å²) in [5.41, 5.74) is 1.59. The van der Waals surface area contributed by atoms with Crippen molar-refractivity contribution in [1.29, 1.82) is 0 Å². The molecule has 0 saturated heterocycles. The highest BCUT2D eigenvalue weighted by atomic mass is 16.4. The zero-order valence-corrected chi connectivity index (χ0v) is 9.76. The van der Waals surface area contributed by atoms with E-state index in [-0.39, 0.29) is 5.92 Å². The molecule has 1 fully saturated rings. The summed E-state index contributed by atoms with van der Waals surface area (Å²) in [6.07, 6.45) is 4.97. The molecule has 1 aromatic carbocycles. The molecule has 3 nitrogen and oxygen atoms in total. The summed E-state index contributed by atoms with van der Waals surface area (Å²) in [4.78, 5) is 0. The first kappa shape index (κ1) is 10.8. The molecule has 0 bridgehead atoms. The highest BCUT2D eigenvalue weighted by Crippen LogP contribution is 2.48. The monoisotopic (exact) mass is 231 g/mol. The van der Waals surface area contributed by atoms with Gasteiger partial charge >= 0.3 is 0 Å². The molecule has 2 aliphatic rings. The number of benzene rings is 1. The first-order chi connectivity index (χ1) is 8.27. The molecule has 2 atom stereocenters. The molecule has 0 amide bonds. The second kappa shape index (κ2) is 3.84. The van der Waals surface area contributed by atoms with E-state index in [4.69, 9.17) is 0 Å². The molecule has 0 unspecified atom stereocenters. The molecular weight excluding hydrogens is 214 g/mol. The van der Waals surface area contributed by atoms with Gasteiger partial charge in [0.2, 0.25) is 0 Å². The van der Waals surface area contributed by atoms with Crippen LogP contribution in [-0.4, -0.2) is 21.6 Å². The van der Waals surface area contributed by atoms with Crippen molar-refractivity contribution in [1.82, 2.24) is 0 Å². The van der Waals surface area contributed by atoms with Gasteiger partial charge < -0.3 is 10.3 Å². The van der Waals surface area contributed by atoms with Gasteiger partial charge in [-0.1, -0.05) is 48.7 Å². The molecule has 0 aliphatic heterocycles. The van der Waals surface area contributed by atoms with Crippen LogP contribution in [0.2, 0.25) is 0 Å². The fraction of sp³-hybridized carbons (Fsp3) is 0.500. The summed E-state index contributed by atoms with van der Waals surface area (Å²) < 4.78 is 0. The normalized spacial score (nSPS) is 34.2. The fourth-order valence-corrected chi connectivity index (χ4v) is 3.42. The van der Waals surface area contributed by atoms with E-state index in [2.05, 4.69) is 11.2 Å². The number of nitrogens with zero attached hydrogens (tertiary/aromatic N) is 1. The van der Waals surface area contributed by atoms with Gasteiger partial charge in [0.05, 0.1) is 0 Å². The Kier molecular flexibility index (Phi) is 2.44. The van der Waals surface area contributed by atoms with Crippen LogP contribution in [0, 0.1) is 0 Å². The number of hydrogen-bond donors (Lipinski definition) is 2. The molecule has 17 heavy (non-hydrogen) atoms.